The summed E-state index contributed by atoms with van der Waals surface area (Å²) in [6.07, 6.45) is 4.98. The summed E-state index contributed by atoms with van der Waals surface area (Å²) in [7, 11) is 0. The Hall–Kier alpha value is -3.16. The quantitative estimate of drug-likeness (QED) is 0.782. The predicted octanol–water partition coefficient (Wildman–Crippen LogP) is 1.43. The molecule has 0 saturated carbocycles. The highest BCUT2D eigenvalue weighted by atomic mass is 16.2. The molecular formula is C22H27N5O3. The van der Waals surface area contributed by atoms with Crippen LogP contribution in [0.4, 0.5) is 0 Å². The van der Waals surface area contributed by atoms with Crippen LogP contribution < -0.4 is 5.32 Å². The standard InChI is InChI=1S/C22H27N5O3/c1-17(28)25-12-7-22(8-13-25,15-20(29)23-10-14-26-11-4-9-24-26)27-16-18-5-2-3-6-19(18)21(27)30/h2-6,9,11H,7-8,10,12-16H2,1H3,(H,23,29). The van der Waals surface area contributed by atoms with E-state index in [4.69, 9.17) is 0 Å². The van der Waals surface area contributed by atoms with Gasteiger partial charge in [-0.2, -0.15) is 5.10 Å². The van der Waals surface area contributed by atoms with E-state index in [2.05, 4.69) is 10.4 Å². The Morgan fingerprint density at radius 3 is 2.60 bits per heavy atom. The second-order valence-corrected chi connectivity index (χ2v) is 8.07. The molecule has 0 radical (unpaired) electrons. The average Bonchev–Trinajstić information content (AvgIpc) is 3.37. The second-order valence-electron chi connectivity index (χ2n) is 8.07. The van der Waals surface area contributed by atoms with E-state index in [9.17, 15) is 14.4 Å². The maximum Gasteiger partial charge on any atom is 0.254 e. The Kier molecular flexibility index (Phi) is 5.57. The minimum Gasteiger partial charge on any atom is -0.354 e. The zero-order valence-corrected chi connectivity index (χ0v) is 17.2. The van der Waals surface area contributed by atoms with E-state index in [-0.39, 0.29) is 24.1 Å². The lowest BCUT2D eigenvalue weighted by atomic mass is 9.82. The highest BCUT2D eigenvalue weighted by molar-refractivity contribution is 5.99. The smallest absolute Gasteiger partial charge is 0.254 e. The van der Waals surface area contributed by atoms with Crippen molar-refractivity contribution in [3.63, 3.8) is 0 Å². The fraction of sp³-hybridized carbons (Fsp3) is 0.455. The molecule has 8 nitrogen and oxygen atoms in total. The fourth-order valence-electron chi connectivity index (χ4n) is 4.52. The first-order chi connectivity index (χ1) is 14.5. The Morgan fingerprint density at radius 1 is 1.17 bits per heavy atom. The van der Waals surface area contributed by atoms with E-state index in [1.807, 2.05) is 41.4 Å². The van der Waals surface area contributed by atoms with E-state index < -0.39 is 5.54 Å². The highest BCUT2D eigenvalue weighted by Crippen LogP contribution is 2.38. The fourth-order valence-corrected chi connectivity index (χ4v) is 4.52. The van der Waals surface area contributed by atoms with Crippen LogP contribution in [0, 0.1) is 0 Å². The number of nitrogens with zero attached hydrogens (tertiary/aromatic N) is 4. The summed E-state index contributed by atoms with van der Waals surface area (Å²) in [5, 5.41) is 7.11. The molecule has 158 valence electrons. The number of nitrogens with one attached hydrogen (secondary N) is 1. The molecule has 0 aliphatic carbocycles. The van der Waals surface area contributed by atoms with Crippen LogP contribution in [0.2, 0.25) is 0 Å². The van der Waals surface area contributed by atoms with Crippen molar-refractivity contribution in [1.29, 1.82) is 0 Å². The van der Waals surface area contributed by atoms with Gasteiger partial charge in [0, 0.05) is 51.1 Å². The number of hydrogen-bond donors (Lipinski definition) is 1. The third kappa shape index (κ3) is 3.94. The van der Waals surface area contributed by atoms with Gasteiger partial charge >= 0.3 is 0 Å². The lowest BCUT2D eigenvalue weighted by molar-refractivity contribution is -0.132. The summed E-state index contributed by atoms with van der Waals surface area (Å²) in [5.74, 6) is -0.0725. The van der Waals surface area contributed by atoms with Crippen LogP contribution in [0.25, 0.3) is 0 Å². The van der Waals surface area contributed by atoms with Gasteiger partial charge in [0.2, 0.25) is 11.8 Å². The van der Waals surface area contributed by atoms with Crippen molar-refractivity contribution in [2.45, 2.75) is 44.8 Å². The maximum atomic E-state index is 13.2. The van der Waals surface area contributed by atoms with E-state index in [0.717, 1.165) is 5.56 Å². The maximum absolute atomic E-state index is 13.2. The molecule has 1 fully saturated rings. The van der Waals surface area contributed by atoms with Crippen molar-refractivity contribution in [3.05, 3.63) is 53.9 Å². The van der Waals surface area contributed by atoms with Gasteiger partial charge in [-0.3, -0.25) is 19.1 Å². The van der Waals surface area contributed by atoms with Gasteiger partial charge in [-0.15, -0.1) is 0 Å². The first kappa shape index (κ1) is 20.1. The van der Waals surface area contributed by atoms with Crippen LogP contribution >= 0.6 is 0 Å². The van der Waals surface area contributed by atoms with Crippen molar-refractivity contribution in [3.8, 4) is 0 Å². The summed E-state index contributed by atoms with van der Waals surface area (Å²) in [6.45, 7) is 4.25. The number of amides is 3. The largest absolute Gasteiger partial charge is 0.354 e. The SMILES string of the molecule is CC(=O)N1CCC(CC(=O)NCCn2cccn2)(N2Cc3ccccc3C2=O)CC1. The Morgan fingerprint density at radius 2 is 1.93 bits per heavy atom. The molecule has 1 saturated heterocycles. The number of aromatic nitrogens is 2. The Bertz CT molecular complexity index is 932. The monoisotopic (exact) mass is 409 g/mol. The molecule has 0 unspecified atom stereocenters. The number of carbonyl (C=O) groups excluding carboxylic acids is 3. The topological polar surface area (TPSA) is 87.5 Å². The van der Waals surface area contributed by atoms with Crippen molar-refractivity contribution in [2.75, 3.05) is 19.6 Å². The minimum atomic E-state index is -0.585. The molecular weight excluding hydrogens is 382 g/mol. The van der Waals surface area contributed by atoms with Gasteiger partial charge in [-0.05, 0) is 30.5 Å². The van der Waals surface area contributed by atoms with Crippen molar-refractivity contribution in [1.82, 2.24) is 24.9 Å². The molecule has 30 heavy (non-hydrogen) atoms. The number of rotatable bonds is 6. The van der Waals surface area contributed by atoms with Gasteiger partial charge < -0.3 is 15.1 Å². The zero-order valence-electron chi connectivity index (χ0n) is 17.2. The molecule has 3 heterocycles. The number of hydrogen-bond acceptors (Lipinski definition) is 4. The van der Waals surface area contributed by atoms with Crippen LogP contribution in [0.5, 0.6) is 0 Å². The van der Waals surface area contributed by atoms with Gasteiger partial charge in [-0.1, -0.05) is 18.2 Å². The molecule has 0 atom stereocenters. The first-order valence-electron chi connectivity index (χ1n) is 10.4. The van der Waals surface area contributed by atoms with Crippen LogP contribution in [-0.4, -0.2) is 62.5 Å². The van der Waals surface area contributed by atoms with E-state index in [1.54, 1.807) is 22.7 Å². The second kappa shape index (κ2) is 8.30. The third-order valence-corrected chi connectivity index (χ3v) is 6.25. The van der Waals surface area contributed by atoms with E-state index in [1.165, 1.54) is 0 Å². The molecule has 4 rings (SSSR count). The summed E-state index contributed by atoms with van der Waals surface area (Å²) < 4.78 is 1.77. The predicted molar refractivity (Wildman–Crippen MR) is 110 cm³/mol. The third-order valence-electron chi connectivity index (χ3n) is 6.25. The number of carbonyl (C=O) groups is 3. The number of benzene rings is 1. The summed E-state index contributed by atoms with van der Waals surface area (Å²) in [4.78, 5) is 41.5. The number of likely N-dealkylation sites (tertiary alicyclic amines) is 1. The van der Waals surface area contributed by atoms with Crippen LogP contribution in [-0.2, 0) is 22.7 Å². The molecule has 2 aliphatic heterocycles. The van der Waals surface area contributed by atoms with Gasteiger partial charge in [0.25, 0.3) is 5.91 Å². The van der Waals surface area contributed by atoms with E-state index in [0.29, 0.717) is 51.1 Å². The molecule has 2 aliphatic rings. The first-order valence-corrected chi connectivity index (χ1v) is 10.4. The van der Waals surface area contributed by atoms with E-state index >= 15 is 0 Å². The molecule has 1 N–H and O–H groups in total. The summed E-state index contributed by atoms with van der Waals surface area (Å²) in [6, 6.07) is 9.46. The lowest BCUT2D eigenvalue weighted by Crippen LogP contribution is -2.58. The van der Waals surface area contributed by atoms with Crippen LogP contribution in [0.15, 0.2) is 42.7 Å². The minimum absolute atomic E-state index is 0.0220. The van der Waals surface area contributed by atoms with Crippen molar-refractivity contribution < 1.29 is 14.4 Å². The lowest BCUT2D eigenvalue weighted by Gasteiger charge is -2.47. The van der Waals surface area contributed by atoms with Gasteiger partial charge in [0.05, 0.1) is 18.5 Å². The molecule has 0 spiro atoms. The molecule has 2 aromatic rings. The van der Waals surface area contributed by atoms with Gasteiger partial charge in [-0.25, -0.2) is 0 Å². The highest BCUT2D eigenvalue weighted by Gasteiger charge is 2.47. The van der Waals surface area contributed by atoms with Crippen LogP contribution in [0.1, 0.15) is 42.1 Å². The van der Waals surface area contributed by atoms with Gasteiger partial charge in [0.1, 0.15) is 0 Å². The zero-order chi connectivity index (χ0) is 21.1. The summed E-state index contributed by atoms with van der Waals surface area (Å²) >= 11 is 0. The normalized spacial score (nSPS) is 17.7. The Balaban J connectivity index is 1.48. The average molecular weight is 409 g/mol. The summed E-state index contributed by atoms with van der Waals surface area (Å²) in [5.41, 5.74) is 1.12. The molecule has 3 amide bonds. The molecule has 8 heteroatoms. The van der Waals surface area contributed by atoms with Crippen molar-refractivity contribution in [2.24, 2.45) is 0 Å². The van der Waals surface area contributed by atoms with Gasteiger partial charge in [0.15, 0.2) is 0 Å². The number of fused-ring (bicyclic) bond motifs is 1. The van der Waals surface area contributed by atoms with Crippen LogP contribution in [0.3, 0.4) is 0 Å². The van der Waals surface area contributed by atoms with Crippen molar-refractivity contribution >= 4 is 17.7 Å². The number of piperidine rings is 1. The molecule has 1 aromatic heterocycles. The molecule has 1 aromatic carbocycles. The molecule has 0 bridgehead atoms. The Labute approximate surface area is 175 Å².